The zero-order valence-corrected chi connectivity index (χ0v) is 15.4. The number of hydrogen-bond donors (Lipinski definition) is 4. The maximum atomic E-state index is 12.9. The van der Waals surface area contributed by atoms with Crippen molar-refractivity contribution in [1.29, 1.82) is 0 Å². The van der Waals surface area contributed by atoms with Gasteiger partial charge >= 0.3 is 5.97 Å². The third-order valence-electron chi connectivity index (χ3n) is 4.66. The average molecular weight is 402 g/mol. The summed E-state index contributed by atoms with van der Waals surface area (Å²) in [5.41, 5.74) is 0.291. The number of nitrogens with one attached hydrogen (secondary N) is 3. The quantitative estimate of drug-likeness (QED) is 0.445. The Balaban J connectivity index is 1.78. The molecule has 2 aliphatic heterocycles. The Bertz CT molecular complexity index is 942. The van der Waals surface area contributed by atoms with E-state index in [-0.39, 0.29) is 36.2 Å². The van der Waals surface area contributed by atoms with E-state index in [0.717, 1.165) is 4.90 Å². The highest BCUT2D eigenvalue weighted by molar-refractivity contribution is 6.25. The topological polar surface area (TPSA) is 162 Å². The minimum absolute atomic E-state index is 0.0108. The molecule has 1 unspecified atom stereocenters. The van der Waals surface area contributed by atoms with Crippen molar-refractivity contribution in [1.82, 2.24) is 15.5 Å². The van der Waals surface area contributed by atoms with Crippen molar-refractivity contribution in [2.45, 2.75) is 31.8 Å². The molecular weight excluding hydrogens is 384 g/mol. The number of anilines is 1. The normalized spacial score (nSPS) is 19.5. The van der Waals surface area contributed by atoms with Crippen LogP contribution in [-0.2, 0) is 19.2 Å². The van der Waals surface area contributed by atoms with Gasteiger partial charge in [0.25, 0.3) is 11.8 Å². The molecule has 4 N–H and O–H groups in total. The summed E-state index contributed by atoms with van der Waals surface area (Å²) in [7, 11) is 0. The van der Waals surface area contributed by atoms with Crippen LogP contribution in [-0.4, -0.2) is 64.1 Å². The number of carbonyl (C=O) groups is 6. The van der Waals surface area contributed by atoms with Crippen molar-refractivity contribution >= 4 is 41.2 Å². The molecule has 1 fully saturated rings. The van der Waals surface area contributed by atoms with Gasteiger partial charge < -0.3 is 15.7 Å². The van der Waals surface area contributed by atoms with Crippen molar-refractivity contribution in [3.63, 3.8) is 0 Å². The molecule has 2 aliphatic rings. The number of rotatable bonds is 6. The lowest BCUT2D eigenvalue weighted by atomic mass is 10.0. The lowest BCUT2D eigenvalue weighted by Gasteiger charge is -2.27. The first-order valence-electron chi connectivity index (χ1n) is 8.81. The monoisotopic (exact) mass is 402 g/mol. The smallest absolute Gasteiger partial charge is 0.325 e. The first kappa shape index (κ1) is 20.0. The lowest BCUT2D eigenvalue weighted by Crippen LogP contribution is -2.54. The van der Waals surface area contributed by atoms with Crippen LogP contribution in [0.1, 0.15) is 40.5 Å². The van der Waals surface area contributed by atoms with E-state index in [1.54, 1.807) is 0 Å². The number of benzene rings is 1. The molecule has 1 aromatic rings. The van der Waals surface area contributed by atoms with Gasteiger partial charge in [0, 0.05) is 12.1 Å². The summed E-state index contributed by atoms with van der Waals surface area (Å²) in [6, 6.07) is 2.26. The number of nitrogens with zero attached hydrogens (tertiary/aromatic N) is 1. The molecule has 0 aromatic heterocycles. The van der Waals surface area contributed by atoms with E-state index in [1.807, 2.05) is 0 Å². The zero-order valence-electron chi connectivity index (χ0n) is 15.4. The van der Waals surface area contributed by atoms with Crippen LogP contribution in [0.2, 0.25) is 0 Å². The molecule has 152 valence electrons. The molecular formula is C18H18N4O7. The number of imide groups is 2. The summed E-state index contributed by atoms with van der Waals surface area (Å²) in [6.45, 7) is 0.981. The predicted molar refractivity (Wildman–Crippen MR) is 96.8 cm³/mol. The number of carboxylic acids is 1. The van der Waals surface area contributed by atoms with Gasteiger partial charge in [-0.15, -0.1) is 0 Å². The summed E-state index contributed by atoms with van der Waals surface area (Å²) >= 11 is 0. The Labute approximate surface area is 164 Å². The van der Waals surface area contributed by atoms with E-state index < -0.39 is 47.6 Å². The second-order valence-corrected chi connectivity index (χ2v) is 6.66. The number of aliphatic carboxylic acids is 1. The highest BCUT2D eigenvalue weighted by Gasteiger charge is 2.45. The largest absolute Gasteiger partial charge is 0.480 e. The van der Waals surface area contributed by atoms with Crippen LogP contribution >= 0.6 is 0 Å². The van der Waals surface area contributed by atoms with Crippen LogP contribution < -0.4 is 16.0 Å². The van der Waals surface area contributed by atoms with Crippen molar-refractivity contribution in [2.24, 2.45) is 0 Å². The van der Waals surface area contributed by atoms with E-state index >= 15 is 0 Å². The number of amides is 5. The molecule has 1 aromatic carbocycles. The van der Waals surface area contributed by atoms with Gasteiger partial charge in [0.1, 0.15) is 12.1 Å². The minimum Gasteiger partial charge on any atom is -0.480 e. The van der Waals surface area contributed by atoms with Crippen molar-refractivity contribution in [3.05, 3.63) is 29.3 Å². The summed E-state index contributed by atoms with van der Waals surface area (Å²) in [5, 5.41) is 15.9. The molecule has 0 aliphatic carbocycles. The van der Waals surface area contributed by atoms with Gasteiger partial charge in [0.15, 0.2) is 0 Å². The first-order chi connectivity index (χ1) is 13.7. The number of hydrogen-bond acceptors (Lipinski definition) is 7. The number of piperidine rings is 1. The molecule has 2 heterocycles. The van der Waals surface area contributed by atoms with Gasteiger partial charge in [-0.2, -0.15) is 0 Å². The third kappa shape index (κ3) is 3.79. The lowest BCUT2D eigenvalue weighted by molar-refractivity contribution is -0.141. The number of carbonyl (C=O) groups excluding carboxylic acids is 5. The molecule has 2 atom stereocenters. The standard InChI is InChI=1S/C18H18N4O7/c1-8(18(28)29)20-13(24)7-19-10-4-2-3-9-14(10)17(27)22(16(9)26)11-5-6-12(23)21-15(11)25/h2-4,8,11,19H,5-7H2,1H3,(H,20,24)(H,28,29)(H,21,23,25)/t8-,11?/m1/s1. The van der Waals surface area contributed by atoms with Gasteiger partial charge in [0.05, 0.1) is 17.7 Å². The highest BCUT2D eigenvalue weighted by Crippen LogP contribution is 2.32. The Morgan fingerprint density at radius 2 is 1.97 bits per heavy atom. The SMILES string of the molecule is C[C@@H](NC(=O)CNc1cccc2c1C(=O)N(C1CCC(=O)NC1=O)C2=O)C(=O)O. The highest BCUT2D eigenvalue weighted by atomic mass is 16.4. The van der Waals surface area contributed by atoms with E-state index in [2.05, 4.69) is 16.0 Å². The summed E-state index contributed by atoms with van der Waals surface area (Å²) < 4.78 is 0. The fourth-order valence-corrected chi connectivity index (χ4v) is 3.19. The van der Waals surface area contributed by atoms with Crippen molar-refractivity contribution in [3.8, 4) is 0 Å². The van der Waals surface area contributed by atoms with Crippen LogP contribution in [0.3, 0.4) is 0 Å². The fraction of sp³-hybridized carbons (Fsp3) is 0.333. The molecule has 5 amide bonds. The summed E-state index contributed by atoms with van der Waals surface area (Å²) in [4.78, 5) is 72.5. The minimum atomic E-state index is -1.19. The van der Waals surface area contributed by atoms with Gasteiger partial charge in [-0.05, 0) is 25.5 Å². The van der Waals surface area contributed by atoms with E-state index in [9.17, 15) is 28.8 Å². The van der Waals surface area contributed by atoms with E-state index in [4.69, 9.17) is 5.11 Å². The van der Waals surface area contributed by atoms with E-state index in [0.29, 0.717) is 0 Å². The third-order valence-corrected chi connectivity index (χ3v) is 4.66. The second-order valence-electron chi connectivity index (χ2n) is 6.66. The Kier molecular flexibility index (Phi) is 5.31. The Morgan fingerprint density at radius 1 is 1.24 bits per heavy atom. The Morgan fingerprint density at radius 3 is 2.62 bits per heavy atom. The molecule has 0 saturated carbocycles. The molecule has 0 radical (unpaired) electrons. The molecule has 11 nitrogen and oxygen atoms in total. The molecule has 1 saturated heterocycles. The molecule has 0 spiro atoms. The average Bonchev–Trinajstić information content (AvgIpc) is 2.91. The molecule has 0 bridgehead atoms. The summed E-state index contributed by atoms with van der Waals surface area (Å²) in [5.74, 6) is -4.36. The van der Waals surface area contributed by atoms with Gasteiger partial charge in [-0.25, -0.2) is 0 Å². The van der Waals surface area contributed by atoms with Crippen LogP contribution in [0.15, 0.2) is 18.2 Å². The molecule has 11 heteroatoms. The second kappa shape index (κ2) is 7.70. The maximum Gasteiger partial charge on any atom is 0.325 e. The van der Waals surface area contributed by atoms with Gasteiger partial charge in [-0.1, -0.05) is 6.07 Å². The van der Waals surface area contributed by atoms with E-state index in [1.165, 1.54) is 25.1 Å². The maximum absolute atomic E-state index is 12.9. The van der Waals surface area contributed by atoms with Gasteiger partial charge in [-0.3, -0.25) is 39.0 Å². The van der Waals surface area contributed by atoms with Gasteiger partial charge in [0.2, 0.25) is 17.7 Å². The predicted octanol–water partition coefficient (Wildman–Crippen LogP) is -0.911. The van der Waals surface area contributed by atoms with Crippen molar-refractivity contribution < 1.29 is 33.9 Å². The van der Waals surface area contributed by atoms with Crippen molar-refractivity contribution in [2.75, 3.05) is 11.9 Å². The number of fused-ring (bicyclic) bond motifs is 1. The Hall–Kier alpha value is -3.76. The fourth-order valence-electron chi connectivity index (χ4n) is 3.19. The molecule has 3 rings (SSSR count). The first-order valence-corrected chi connectivity index (χ1v) is 8.81. The summed E-state index contributed by atoms with van der Waals surface area (Å²) in [6.07, 6.45) is 0.0469. The number of carboxylic acid groups (broad SMARTS) is 1. The van der Waals surface area contributed by atoms with Crippen LogP contribution in [0.5, 0.6) is 0 Å². The van der Waals surface area contributed by atoms with Crippen LogP contribution in [0.4, 0.5) is 5.69 Å². The van der Waals surface area contributed by atoms with Crippen LogP contribution in [0.25, 0.3) is 0 Å². The van der Waals surface area contributed by atoms with Crippen LogP contribution in [0, 0.1) is 0 Å². The zero-order chi connectivity index (χ0) is 21.3. The molecule has 29 heavy (non-hydrogen) atoms.